The van der Waals surface area contributed by atoms with Crippen molar-refractivity contribution in [1.29, 1.82) is 0 Å². The number of hydrogen-bond donors (Lipinski definition) is 1. The quantitative estimate of drug-likeness (QED) is 0.636. The van der Waals surface area contributed by atoms with Crippen molar-refractivity contribution in [3.63, 3.8) is 0 Å². The van der Waals surface area contributed by atoms with Crippen molar-refractivity contribution < 1.29 is 4.79 Å². The van der Waals surface area contributed by atoms with Gasteiger partial charge in [0.2, 0.25) is 5.91 Å². The molecule has 0 atom stereocenters. The van der Waals surface area contributed by atoms with E-state index >= 15 is 0 Å². The zero-order valence-corrected chi connectivity index (χ0v) is 6.63. The maximum Gasteiger partial charge on any atom is 0.227 e. The highest BCUT2D eigenvalue weighted by molar-refractivity contribution is 5.95. The molecular weight excluding hydrogens is 138 g/mol. The van der Waals surface area contributed by atoms with E-state index in [-0.39, 0.29) is 5.91 Å². The van der Waals surface area contributed by atoms with Crippen LogP contribution >= 0.6 is 0 Å². The van der Waals surface area contributed by atoms with Crippen LogP contribution in [0.3, 0.4) is 0 Å². The van der Waals surface area contributed by atoms with Crippen LogP contribution in [-0.4, -0.2) is 12.5 Å². The normalized spacial score (nSPS) is 18.6. The minimum Gasteiger partial charge on any atom is -0.356 e. The van der Waals surface area contributed by atoms with Gasteiger partial charge in [-0.15, -0.1) is 0 Å². The predicted molar refractivity (Wildman–Crippen MR) is 43.7 cm³/mol. The maximum absolute atomic E-state index is 11.2. The lowest BCUT2D eigenvalue weighted by Crippen LogP contribution is -2.28. The van der Waals surface area contributed by atoms with Crippen molar-refractivity contribution in [2.45, 2.75) is 13.3 Å². The Bertz CT molecular complexity index is 128. The van der Waals surface area contributed by atoms with E-state index in [1.165, 1.54) is 0 Å². The molecule has 0 bridgehead atoms. The lowest BCUT2D eigenvalue weighted by atomic mass is 10.1. The largest absolute Gasteiger partial charge is 0.356 e. The molecule has 0 aromatic heterocycles. The zero-order chi connectivity index (χ0) is 8.10. The molecule has 0 aromatic carbocycles. The van der Waals surface area contributed by atoms with Crippen molar-refractivity contribution in [2.75, 3.05) is 6.54 Å². The molecule has 1 amide bonds. The van der Waals surface area contributed by atoms with Crippen LogP contribution in [0.4, 0.5) is 0 Å². The molecule has 0 heterocycles. The summed E-state index contributed by atoms with van der Waals surface area (Å²) in [5.41, 5.74) is 0. The smallest absolute Gasteiger partial charge is 0.227 e. The third kappa shape index (κ3) is 2.52. The summed E-state index contributed by atoms with van der Waals surface area (Å²) in [7, 11) is 0. The molecule has 0 unspecified atom stereocenters. The number of carbonyl (C=O) groups excluding carboxylic acids is 1. The van der Waals surface area contributed by atoms with Crippen LogP contribution < -0.4 is 5.32 Å². The Balaban J connectivity index is 2.17. The summed E-state index contributed by atoms with van der Waals surface area (Å²) < 4.78 is 0. The Morgan fingerprint density at radius 1 is 1.45 bits per heavy atom. The number of hydrogen-bond acceptors (Lipinski definition) is 1. The lowest BCUT2D eigenvalue weighted by Gasteiger charge is -2.07. The molecule has 0 aliphatic heterocycles. The molecule has 1 aliphatic carbocycles. The van der Waals surface area contributed by atoms with E-state index in [0.29, 0.717) is 0 Å². The van der Waals surface area contributed by atoms with Crippen LogP contribution in [0.2, 0.25) is 0 Å². The fourth-order valence-corrected chi connectivity index (χ4v) is 0.866. The first kappa shape index (κ1) is 8.57. The molecule has 2 heteroatoms. The van der Waals surface area contributed by atoms with E-state index in [1.54, 1.807) is 0 Å². The van der Waals surface area contributed by atoms with Crippen molar-refractivity contribution in [3.05, 3.63) is 31.6 Å². The number of nitrogens with one attached hydrogen (secondary N) is 1. The Morgan fingerprint density at radius 2 is 2.09 bits per heavy atom. The van der Waals surface area contributed by atoms with Gasteiger partial charge in [0.1, 0.15) is 0 Å². The Hall–Kier alpha value is -0.530. The maximum atomic E-state index is 11.2. The third-order valence-electron chi connectivity index (χ3n) is 1.46. The first-order valence-corrected chi connectivity index (χ1v) is 3.84. The van der Waals surface area contributed by atoms with E-state index in [0.717, 1.165) is 18.9 Å². The molecular formula is C9H12NO. The molecule has 59 valence electrons. The molecule has 0 spiro atoms. The molecule has 2 nitrogen and oxygen atoms in total. The first-order valence-electron chi connectivity index (χ1n) is 3.84. The molecule has 1 rings (SSSR count). The summed E-state index contributed by atoms with van der Waals surface area (Å²) >= 11 is 0. The Labute approximate surface area is 68.4 Å². The van der Waals surface area contributed by atoms with Gasteiger partial charge < -0.3 is 5.32 Å². The molecule has 1 N–H and O–H groups in total. The average Bonchev–Trinajstić information content (AvgIpc) is 2.52. The summed E-state index contributed by atoms with van der Waals surface area (Å²) in [5, 5.41) is 2.80. The van der Waals surface area contributed by atoms with Crippen LogP contribution in [0, 0.1) is 31.6 Å². The molecule has 1 aliphatic rings. The highest BCUT2D eigenvalue weighted by Gasteiger charge is 2.23. The van der Waals surface area contributed by atoms with Crippen LogP contribution in [-0.2, 0) is 4.79 Å². The fourth-order valence-electron chi connectivity index (χ4n) is 0.866. The standard InChI is InChI=1S/C9H12NO/c1-2-7-10-9(11)8-5-3-4-6-8/h3-6H,2,7H2,1H3,(H,10,11). The zero-order valence-electron chi connectivity index (χ0n) is 6.63. The highest BCUT2D eigenvalue weighted by atomic mass is 16.1. The topological polar surface area (TPSA) is 29.1 Å². The first-order chi connectivity index (χ1) is 5.34. The van der Waals surface area contributed by atoms with Crippen molar-refractivity contribution >= 4 is 5.91 Å². The van der Waals surface area contributed by atoms with Gasteiger partial charge in [0.25, 0.3) is 0 Å². The monoisotopic (exact) mass is 150 g/mol. The number of amides is 1. The van der Waals surface area contributed by atoms with Gasteiger partial charge in [-0.3, -0.25) is 4.79 Å². The van der Waals surface area contributed by atoms with Gasteiger partial charge in [-0.2, -0.15) is 0 Å². The van der Waals surface area contributed by atoms with Crippen LogP contribution in [0.15, 0.2) is 0 Å². The van der Waals surface area contributed by atoms with Crippen molar-refractivity contribution in [1.82, 2.24) is 5.32 Å². The van der Waals surface area contributed by atoms with Crippen molar-refractivity contribution in [2.24, 2.45) is 0 Å². The summed E-state index contributed by atoms with van der Waals surface area (Å²) in [5.74, 6) is 0.773. The lowest BCUT2D eigenvalue weighted by molar-refractivity contribution is -0.118. The van der Waals surface area contributed by atoms with Gasteiger partial charge in [0.15, 0.2) is 0 Å². The van der Waals surface area contributed by atoms with Crippen LogP contribution in [0.1, 0.15) is 13.3 Å². The SMILES string of the molecule is CCCNC(=O)[C]1[CH][CH][CH][CH]1. The minimum absolute atomic E-state index is 0.0249. The van der Waals surface area contributed by atoms with E-state index in [1.807, 2.05) is 32.6 Å². The average molecular weight is 150 g/mol. The molecule has 0 saturated heterocycles. The highest BCUT2D eigenvalue weighted by Crippen LogP contribution is 2.22. The van der Waals surface area contributed by atoms with E-state index in [4.69, 9.17) is 0 Å². The van der Waals surface area contributed by atoms with Crippen LogP contribution in [0.5, 0.6) is 0 Å². The van der Waals surface area contributed by atoms with Gasteiger partial charge in [0.05, 0.1) is 5.92 Å². The second kappa shape index (κ2) is 4.37. The summed E-state index contributed by atoms with van der Waals surface area (Å²) in [6.07, 6.45) is 8.32. The Kier molecular flexibility index (Phi) is 3.40. The second-order valence-corrected chi connectivity index (χ2v) is 2.43. The minimum atomic E-state index is 0.0249. The molecule has 1 fully saturated rings. The second-order valence-electron chi connectivity index (χ2n) is 2.43. The number of rotatable bonds is 3. The predicted octanol–water partition coefficient (Wildman–Crippen LogP) is 0.918. The van der Waals surface area contributed by atoms with E-state index < -0.39 is 0 Å². The summed E-state index contributed by atoms with van der Waals surface area (Å²) in [4.78, 5) is 11.2. The van der Waals surface area contributed by atoms with Gasteiger partial charge in [0, 0.05) is 6.54 Å². The summed E-state index contributed by atoms with van der Waals surface area (Å²) in [6.45, 7) is 2.79. The number of carbonyl (C=O) groups is 1. The van der Waals surface area contributed by atoms with E-state index in [9.17, 15) is 4.79 Å². The van der Waals surface area contributed by atoms with Crippen LogP contribution in [0.25, 0.3) is 0 Å². The molecule has 1 saturated carbocycles. The summed E-state index contributed by atoms with van der Waals surface area (Å²) in [6, 6.07) is 0. The van der Waals surface area contributed by atoms with Gasteiger partial charge in [-0.25, -0.2) is 0 Å². The van der Waals surface area contributed by atoms with E-state index in [2.05, 4.69) is 5.32 Å². The fraction of sp³-hybridized carbons (Fsp3) is 0.333. The van der Waals surface area contributed by atoms with Gasteiger partial charge in [-0.1, -0.05) is 6.92 Å². The Morgan fingerprint density at radius 3 is 2.64 bits per heavy atom. The van der Waals surface area contributed by atoms with Gasteiger partial charge in [-0.05, 0) is 32.1 Å². The molecule has 11 heavy (non-hydrogen) atoms. The molecule has 0 aromatic rings. The van der Waals surface area contributed by atoms with Crippen molar-refractivity contribution in [3.8, 4) is 0 Å². The van der Waals surface area contributed by atoms with Gasteiger partial charge >= 0.3 is 0 Å². The molecule has 5 radical (unpaired) electrons. The third-order valence-corrected chi connectivity index (χ3v) is 1.46.